The Morgan fingerprint density at radius 3 is 2.56 bits per heavy atom. The first-order valence-corrected chi connectivity index (χ1v) is 15.1. The number of ether oxygens (including phenoxy) is 5. The molecule has 2 aliphatic heterocycles. The van der Waals surface area contributed by atoms with Gasteiger partial charge >= 0.3 is 0 Å². The lowest BCUT2D eigenvalue weighted by molar-refractivity contribution is -0.00814. The highest BCUT2D eigenvalue weighted by atomic mass is 32.2. The van der Waals surface area contributed by atoms with E-state index in [0.29, 0.717) is 55.5 Å². The van der Waals surface area contributed by atoms with Crippen molar-refractivity contribution in [1.82, 2.24) is 0 Å². The molecule has 11 heteroatoms. The van der Waals surface area contributed by atoms with Crippen molar-refractivity contribution in [3.8, 4) is 28.4 Å². The fourth-order valence-electron chi connectivity index (χ4n) is 4.78. The van der Waals surface area contributed by atoms with Gasteiger partial charge in [-0.2, -0.15) is 0 Å². The Morgan fingerprint density at radius 1 is 1.00 bits per heavy atom. The molecular weight excluding hydrogens is 548 g/mol. The molecule has 0 fully saturated rings. The largest absolute Gasteiger partial charge is 0.486 e. The van der Waals surface area contributed by atoms with E-state index in [2.05, 4.69) is 4.72 Å². The summed E-state index contributed by atoms with van der Waals surface area (Å²) in [6.45, 7) is 5.53. The molecule has 0 saturated heterocycles. The molecule has 218 valence electrons. The van der Waals surface area contributed by atoms with E-state index in [1.165, 1.54) is 0 Å². The number of nitrogens with zero attached hydrogens (tertiary/aromatic N) is 1. The smallest absolute Gasteiger partial charge is 0.258 e. The summed E-state index contributed by atoms with van der Waals surface area (Å²) in [4.78, 5) is 15.2. The van der Waals surface area contributed by atoms with Gasteiger partial charge in [-0.3, -0.25) is 9.52 Å². The summed E-state index contributed by atoms with van der Waals surface area (Å²) in [5.41, 5.74) is 3.90. The van der Waals surface area contributed by atoms with Crippen LogP contribution in [0.2, 0.25) is 0 Å². The van der Waals surface area contributed by atoms with Gasteiger partial charge in [0.25, 0.3) is 5.91 Å². The van der Waals surface area contributed by atoms with E-state index in [4.69, 9.17) is 23.7 Å². The molecular formula is C30H34N2O8S. The van der Waals surface area contributed by atoms with Crippen molar-refractivity contribution in [3.05, 3.63) is 65.7 Å². The number of hydrogen-bond acceptors (Lipinski definition) is 8. The van der Waals surface area contributed by atoms with E-state index in [-0.39, 0.29) is 29.7 Å². The van der Waals surface area contributed by atoms with Crippen LogP contribution >= 0.6 is 0 Å². The number of benzene rings is 3. The van der Waals surface area contributed by atoms with Gasteiger partial charge in [-0.15, -0.1) is 0 Å². The number of sulfonamides is 1. The number of hydrogen-bond donors (Lipinski definition) is 1. The van der Waals surface area contributed by atoms with Gasteiger partial charge in [-0.05, 0) is 73.4 Å². The van der Waals surface area contributed by atoms with Crippen molar-refractivity contribution in [1.29, 1.82) is 0 Å². The zero-order valence-corrected chi connectivity index (χ0v) is 24.4. The van der Waals surface area contributed by atoms with Gasteiger partial charge in [0.2, 0.25) is 10.0 Å². The number of rotatable bonds is 10. The van der Waals surface area contributed by atoms with Gasteiger partial charge in [0.15, 0.2) is 18.3 Å². The Hall–Kier alpha value is -3.80. The molecule has 0 unspecified atom stereocenters. The van der Waals surface area contributed by atoms with Crippen LogP contribution in [0, 0.1) is 0 Å². The fourth-order valence-corrected chi connectivity index (χ4v) is 5.33. The molecule has 3 aromatic carbocycles. The minimum absolute atomic E-state index is 0.0825. The molecule has 5 rings (SSSR count). The quantitative estimate of drug-likeness (QED) is 0.275. The maximum absolute atomic E-state index is 13.6. The number of fused-ring (bicyclic) bond motifs is 2. The van der Waals surface area contributed by atoms with E-state index in [9.17, 15) is 13.2 Å². The summed E-state index contributed by atoms with van der Waals surface area (Å²) in [6.07, 6.45) is 1.69. The average molecular weight is 583 g/mol. The van der Waals surface area contributed by atoms with Crippen LogP contribution in [0.15, 0.2) is 54.6 Å². The van der Waals surface area contributed by atoms with E-state index < -0.39 is 10.0 Å². The molecule has 3 aromatic rings. The second kappa shape index (κ2) is 11.6. The molecule has 10 nitrogen and oxygen atoms in total. The first-order valence-electron chi connectivity index (χ1n) is 13.3. The van der Waals surface area contributed by atoms with Crippen LogP contribution in [-0.2, 0) is 25.9 Å². The van der Waals surface area contributed by atoms with E-state index in [1.807, 2.05) is 50.2 Å². The molecule has 0 atom stereocenters. The maximum Gasteiger partial charge on any atom is 0.258 e. The molecule has 0 radical (unpaired) electrons. The summed E-state index contributed by atoms with van der Waals surface area (Å²) in [7, 11) is -2.04. The maximum atomic E-state index is 13.6. The molecule has 0 spiro atoms. The SMILES string of the molecule is COCCOCOc1ccc(N2CCc3cc(-c4ccc5c(c4)OCC(C)(C)O5)ccc3C2=O)cc1NS(C)(=O)=O. The second-order valence-electron chi connectivity index (χ2n) is 10.6. The number of amides is 1. The van der Waals surface area contributed by atoms with Gasteiger partial charge in [0.05, 0.1) is 25.2 Å². The Bertz CT molecular complexity index is 1550. The molecule has 2 aliphatic rings. The lowest BCUT2D eigenvalue weighted by atomic mass is 9.93. The molecule has 0 bridgehead atoms. The highest BCUT2D eigenvalue weighted by Crippen LogP contribution is 2.39. The number of methoxy groups -OCH3 is 1. The first-order chi connectivity index (χ1) is 19.5. The number of carbonyl (C=O) groups excluding carboxylic acids is 1. The fraction of sp³-hybridized carbons (Fsp3) is 0.367. The van der Waals surface area contributed by atoms with Crippen LogP contribution in [0.25, 0.3) is 11.1 Å². The summed E-state index contributed by atoms with van der Waals surface area (Å²) in [5, 5.41) is 0. The Balaban J connectivity index is 1.35. The monoisotopic (exact) mass is 582 g/mol. The van der Waals surface area contributed by atoms with Gasteiger partial charge in [0.1, 0.15) is 18.0 Å². The molecule has 1 amide bonds. The Labute approximate surface area is 240 Å². The second-order valence-corrected chi connectivity index (χ2v) is 12.4. The van der Waals surface area contributed by atoms with Gasteiger partial charge in [0, 0.05) is 24.9 Å². The highest BCUT2D eigenvalue weighted by Gasteiger charge is 2.29. The van der Waals surface area contributed by atoms with Crippen LogP contribution in [-0.4, -0.2) is 66.4 Å². The normalized spacial score (nSPS) is 15.8. The van der Waals surface area contributed by atoms with E-state index >= 15 is 0 Å². The molecule has 0 aliphatic carbocycles. The lowest BCUT2D eigenvalue weighted by Gasteiger charge is -2.32. The third kappa shape index (κ3) is 6.75. The molecule has 1 N–H and O–H groups in total. The van der Waals surface area contributed by atoms with Crippen molar-refractivity contribution in [2.24, 2.45) is 0 Å². The summed E-state index contributed by atoms with van der Waals surface area (Å²) < 4.78 is 54.4. The summed E-state index contributed by atoms with van der Waals surface area (Å²) >= 11 is 0. The zero-order valence-electron chi connectivity index (χ0n) is 23.6. The number of anilines is 2. The minimum atomic E-state index is -3.60. The lowest BCUT2D eigenvalue weighted by Crippen LogP contribution is -2.38. The summed E-state index contributed by atoms with van der Waals surface area (Å²) in [5.74, 6) is 1.54. The molecule has 0 saturated carbocycles. The van der Waals surface area contributed by atoms with Crippen LogP contribution in [0.5, 0.6) is 17.2 Å². The third-order valence-electron chi connectivity index (χ3n) is 6.72. The third-order valence-corrected chi connectivity index (χ3v) is 7.31. The van der Waals surface area contributed by atoms with Gasteiger partial charge in [-0.1, -0.05) is 18.2 Å². The Kier molecular flexibility index (Phi) is 8.12. The number of carbonyl (C=O) groups is 1. The van der Waals surface area contributed by atoms with Crippen LogP contribution < -0.4 is 23.8 Å². The minimum Gasteiger partial charge on any atom is -0.486 e. The zero-order chi connectivity index (χ0) is 29.2. The topological polar surface area (TPSA) is 113 Å². The van der Waals surface area contributed by atoms with Gasteiger partial charge < -0.3 is 28.6 Å². The van der Waals surface area contributed by atoms with Crippen molar-refractivity contribution in [2.75, 3.05) is 56.1 Å². The van der Waals surface area contributed by atoms with Crippen molar-refractivity contribution in [2.45, 2.75) is 25.9 Å². The average Bonchev–Trinajstić information content (AvgIpc) is 2.92. The van der Waals surface area contributed by atoms with E-state index in [0.717, 1.165) is 22.9 Å². The van der Waals surface area contributed by atoms with Crippen LogP contribution in [0.1, 0.15) is 29.8 Å². The predicted octanol–water partition coefficient (Wildman–Crippen LogP) is 4.48. The summed E-state index contributed by atoms with van der Waals surface area (Å²) in [6, 6.07) is 16.6. The van der Waals surface area contributed by atoms with Crippen molar-refractivity contribution in [3.63, 3.8) is 0 Å². The van der Waals surface area contributed by atoms with Crippen molar-refractivity contribution >= 4 is 27.3 Å². The first kappa shape index (κ1) is 28.7. The van der Waals surface area contributed by atoms with Gasteiger partial charge in [-0.25, -0.2) is 8.42 Å². The highest BCUT2D eigenvalue weighted by molar-refractivity contribution is 7.92. The molecule has 41 heavy (non-hydrogen) atoms. The molecule has 0 aromatic heterocycles. The van der Waals surface area contributed by atoms with Crippen LogP contribution in [0.3, 0.4) is 0 Å². The van der Waals surface area contributed by atoms with Crippen molar-refractivity contribution < 1.29 is 36.9 Å². The standard InChI is InChI=1S/C30H34N2O8S/c1-30(2)18-38-28-16-21(6-9-27(28)40-30)20-5-8-24-22(15-20)11-12-32(29(24)33)23-7-10-26(39-19-37-14-13-36-3)25(17-23)31-41(4,34)35/h5-10,15-17,31H,11-14,18-19H2,1-4H3. The van der Waals surface area contributed by atoms with Crippen LogP contribution in [0.4, 0.5) is 11.4 Å². The van der Waals surface area contributed by atoms with E-state index in [1.54, 1.807) is 30.2 Å². The Morgan fingerprint density at radius 2 is 1.78 bits per heavy atom. The number of nitrogens with one attached hydrogen (secondary N) is 1. The molecule has 2 heterocycles. The predicted molar refractivity (Wildman–Crippen MR) is 156 cm³/mol.